The third-order valence-corrected chi connectivity index (χ3v) is 3.40. The van der Waals surface area contributed by atoms with E-state index in [1.807, 2.05) is 44.2 Å². The van der Waals surface area contributed by atoms with E-state index in [2.05, 4.69) is 5.32 Å². The molecule has 124 valence electrons. The average Bonchev–Trinajstić information content (AvgIpc) is 2.55. The lowest BCUT2D eigenvalue weighted by molar-refractivity contribution is 0.0526. The summed E-state index contributed by atoms with van der Waals surface area (Å²) in [4.78, 5) is 24.0. The molecule has 0 aliphatic carbocycles. The van der Waals surface area contributed by atoms with E-state index in [4.69, 9.17) is 4.74 Å². The molecule has 0 amide bonds. The van der Waals surface area contributed by atoms with Crippen LogP contribution in [0.1, 0.15) is 40.1 Å². The van der Waals surface area contributed by atoms with E-state index >= 15 is 0 Å². The number of ketones is 1. The van der Waals surface area contributed by atoms with Crippen molar-refractivity contribution < 1.29 is 14.3 Å². The molecule has 2 rings (SSSR count). The maximum atomic E-state index is 12.2. The Kier molecular flexibility index (Phi) is 5.90. The quantitative estimate of drug-likeness (QED) is 0.487. The van der Waals surface area contributed by atoms with Crippen LogP contribution in [0.15, 0.2) is 60.3 Å². The standard InChI is InChI=1S/C20H21NO3/c1-4-24-20(23)17-6-5-7-18(13-17)21-15(3)12-19(22)16-10-8-14(2)9-11-16/h5-13,21H,4H2,1-3H3. The van der Waals surface area contributed by atoms with Crippen LogP contribution in [0.4, 0.5) is 5.69 Å². The predicted molar refractivity (Wildman–Crippen MR) is 95.3 cm³/mol. The van der Waals surface area contributed by atoms with Gasteiger partial charge in [-0.25, -0.2) is 4.79 Å². The van der Waals surface area contributed by atoms with E-state index in [-0.39, 0.29) is 11.8 Å². The summed E-state index contributed by atoms with van der Waals surface area (Å²) < 4.78 is 4.98. The number of anilines is 1. The Morgan fingerprint density at radius 3 is 2.46 bits per heavy atom. The molecule has 0 aliphatic heterocycles. The van der Waals surface area contributed by atoms with Crippen LogP contribution in [0, 0.1) is 6.92 Å². The molecule has 0 radical (unpaired) electrons. The van der Waals surface area contributed by atoms with E-state index in [1.165, 1.54) is 0 Å². The van der Waals surface area contributed by atoms with Crippen molar-refractivity contribution in [2.24, 2.45) is 0 Å². The van der Waals surface area contributed by atoms with E-state index in [9.17, 15) is 9.59 Å². The fourth-order valence-corrected chi connectivity index (χ4v) is 2.20. The third-order valence-electron chi connectivity index (χ3n) is 3.40. The number of ether oxygens (including phenoxy) is 1. The molecule has 0 bridgehead atoms. The first kappa shape index (κ1) is 17.5. The SMILES string of the molecule is CCOC(=O)c1cccc(NC(C)=CC(=O)c2ccc(C)cc2)c1. The smallest absolute Gasteiger partial charge is 0.338 e. The number of aryl methyl sites for hydroxylation is 1. The molecule has 0 spiro atoms. The number of esters is 1. The van der Waals surface area contributed by atoms with E-state index in [1.54, 1.807) is 31.2 Å². The Hall–Kier alpha value is -2.88. The zero-order chi connectivity index (χ0) is 17.5. The van der Waals surface area contributed by atoms with Gasteiger partial charge < -0.3 is 10.1 Å². The van der Waals surface area contributed by atoms with Gasteiger partial charge in [0.1, 0.15) is 0 Å². The van der Waals surface area contributed by atoms with Crippen molar-refractivity contribution in [1.29, 1.82) is 0 Å². The molecule has 0 atom stereocenters. The van der Waals surface area contributed by atoms with Crippen LogP contribution >= 0.6 is 0 Å². The molecule has 4 nitrogen and oxygen atoms in total. The first-order valence-corrected chi connectivity index (χ1v) is 7.83. The molecule has 0 unspecified atom stereocenters. The number of carbonyl (C=O) groups excluding carboxylic acids is 2. The molecule has 2 aromatic carbocycles. The van der Waals surface area contributed by atoms with Crippen LogP contribution in [0.3, 0.4) is 0 Å². The lowest BCUT2D eigenvalue weighted by Gasteiger charge is -2.08. The minimum Gasteiger partial charge on any atom is -0.462 e. The molecule has 0 heterocycles. The van der Waals surface area contributed by atoms with Crippen molar-refractivity contribution in [2.75, 3.05) is 11.9 Å². The Labute approximate surface area is 142 Å². The van der Waals surface area contributed by atoms with Gasteiger partial charge in [-0.3, -0.25) is 4.79 Å². The van der Waals surface area contributed by atoms with Gasteiger partial charge in [0.2, 0.25) is 0 Å². The second-order valence-electron chi connectivity index (χ2n) is 5.48. The van der Waals surface area contributed by atoms with Gasteiger partial charge in [-0.15, -0.1) is 0 Å². The lowest BCUT2D eigenvalue weighted by atomic mass is 10.1. The molecule has 0 saturated carbocycles. The molecule has 24 heavy (non-hydrogen) atoms. The van der Waals surface area contributed by atoms with Crippen molar-refractivity contribution in [3.05, 3.63) is 77.0 Å². The van der Waals surface area contributed by atoms with Gasteiger partial charge in [0.05, 0.1) is 12.2 Å². The number of benzene rings is 2. The summed E-state index contributed by atoms with van der Waals surface area (Å²) in [5.41, 5.74) is 3.65. The number of allylic oxidation sites excluding steroid dienone is 2. The van der Waals surface area contributed by atoms with Gasteiger partial charge in [0.25, 0.3) is 0 Å². The first-order valence-electron chi connectivity index (χ1n) is 7.83. The van der Waals surface area contributed by atoms with Crippen LogP contribution in [-0.4, -0.2) is 18.4 Å². The molecule has 0 aliphatic rings. The molecule has 0 fully saturated rings. The summed E-state index contributed by atoms with van der Waals surface area (Å²) in [5, 5.41) is 3.12. The van der Waals surface area contributed by atoms with Gasteiger partial charge >= 0.3 is 5.97 Å². The molecule has 2 aromatic rings. The molecule has 0 saturated heterocycles. The normalized spacial score (nSPS) is 11.0. The van der Waals surface area contributed by atoms with Crippen molar-refractivity contribution >= 4 is 17.4 Å². The zero-order valence-corrected chi connectivity index (χ0v) is 14.1. The van der Waals surface area contributed by atoms with Crippen LogP contribution in [0.2, 0.25) is 0 Å². The Morgan fingerprint density at radius 1 is 1.08 bits per heavy atom. The fourth-order valence-electron chi connectivity index (χ4n) is 2.20. The largest absolute Gasteiger partial charge is 0.462 e. The predicted octanol–water partition coefficient (Wildman–Crippen LogP) is 4.37. The van der Waals surface area contributed by atoms with E-state index in [0.29, 0.717) is 23.4 Å². The summed E-state index contributed by atoms with van der Waals surface area (Å²) in [6.07, 6.45) is 1.54. The first-order chi connectivity index (χ1) is 11.5. The average molecular weight is 323 g/mol. The summed E-state index contributed by atoms with van der Waals surface area (Å²) in [6, 6.07) is 14.4. The summed E-state index contributed by atoms with van der Waals surface area (Å²) in [6.45, 7) is 5.89. The summed E-state index contributed by atoms with van der Waals surface area (Å²) in [7, 11) is 0. The highest BCUT2D eigenvalue weighted by Gasteiger charge is 2.07. The Balaban J connectivity index is 2.09. The van der Waals surface area contributed by atoms with Crippen LogP contribution in [-0.2, 0) is 4.74 Å². The lowest BCUT2D eigenvalue weighted by Crippen LogP contribution is -2.06. The minimum absolute atomic E-state index is 0.0680. The maximum absolute atomic E-state index is 12.2. The van der Waals surface area contributed by atoms with E-state index in [0.717, 1.165) is 11.3 Å². The highest BCUT2D eigenvalue weighted by Crippen LogP contribution is 2.14. The van der Waals surface area contributed by atoms with Gasteiger partial charge in [0, 0.05) is 23.0 Å². The molecule has 0 aromatic heterocycles. The second kappa shape index (κ2) is 8.11. The molecule has 1 N–H and O–H groups in total. The number of nitrogens with one attached hydrogen (secondary N) is 1. The third kappa shape index (κ3) is 4.81. The number of carbonyl (C=O) groups is 2. The molecular weight excluding hydrogens is 302 g/mol. The zero-order valence-electron chi connectivity index (χ0n) is 14.1. The number of hydrogen-bond acceptors (Lipinski definition) is 4. The summed E-state index contributed by atoms with van der Waals surface area (Å²) >= 11 is 0. The maximum Gasteiger partial charge on any atom is 0.338 e. The highest BCUT2D eigenvalue weighted by atomic mass is 16.5. The topological polar surface area (TPSA) is 55.4 Å². The van der Waals surface area contributed by atoms with E-state index < -0.39 is 0 Å². The van der Waals surface area contributed by atoms with Crippen LogP contribution in [0.5, 0.6) is 0 Å². The van der Waals surface area contributed by atoms with Gasteiger partial charge in [-0.05, 0) is 39.0 Å². The van der Waals surface area contributed by atoms with Crippen LogP contribution in [0.25, 0.3) is 0 Å². The minimum atomic E-state index is -0.362. The van der Waals surface area contributed by atoms with Crippen molar-refractivity contribution in [3.63, 3.8) is 0 Å². The summed E-state index contributed by atoms with van der Waals surface area (Å²) in [5.74, 6) is -0.430. The van der Waals surface area contributed by atoms with Crippen molar-refractivity contribution in [1.82, 2.24) is 0 Å². The fraction of sp³-hybridized carbons (Fsp3) is 0.200. The number of rotatable bonds is 6. The number of hydrogen-bond donors (Lipinski definition) is 1. The molecular formula is C20H21NO3. The van der Waals surface area contributed by atoms with Gasteiger partial charge in [0.15, 0.2) is 5.78 Å². The van der Waals surface area contributed by atoms with Crippen molar-refractivity contribution in [2.45, 2.75) is 20.8 Å². The molecule has 4 heteroatoms. The van der Waals surface area contributed by atoms with Gasteiger partial charge in [-0.2, -0.15) is 0 Å². The second-order valence-corrected chi connectivity index (χ2v) is 5.48. The monoisotopic (exact) mass is 323 g/mol. The van der Waals surface area contributed by atoms with Gasteiger partial charge in [-0.1, -0.05) is 35.9 Å². The van der Waals surface area contributed by atoms with Crippen LogP contribution < -0.4 is 5.32 Å². The van der Waals surface area contributed by atoms with Crippen molar-refractivity contribution in [3.8, 4) is 0 Å². The Bertz CT molecular complexity index is 761. The highest BCUT2D eigenvalue weighted by molar-refractivity contribution is 6.05. The Morgan fingerprint density at radius 2 is 1.79 bits per heavy atom.